The average Bonchev–Trinajstić information content (AvgIpc) is 2.19. The Kier molecular flexibility index (Phi) is 4.54. The second kappa shape index (κ2) is 5.47. The number of nitrogens with two attached hydrogens (primary N) is 2. The van der Waals surface area contributed by atoms with E-state index >= 15 is 0 Å². The van der Waals surface area contributed by atoms with Crippen LogP contribution in [-0.4, -0.2) is 36.0 Å². The highest BCUT2D eigenvalue weighted by Crippen LogP contribution is 2.23. The zero-order valence-corrected chi connectivity index (χ0v) is 9.78. The molecule has 0 spiro atoms. The van der Waals surface area contributed by atoms with Crippen molar-refractivity contribution in [2.45, 2.75) is 57.2 Å². The maximum atomic E-state index is 11.2. The molecule has 4 N–H and O–H groups in total. The lowest BCUT2D eigenvalue weighted by atomic mass is 9.90. The van der Waals surface area contributed by atoms with E-state index < -0.39 is 0 Å². The van der Waals surface area contributed by atoms with E-state index in [2.05, 4.69) is 4.90 Å². The van der Waals surface area contributed by atoms with E-state index in [0.717, 1.165) is 32.1 Å². The van der Waals surface area contributed by atoms with Crippen molar-refractivity contribution in [3.8, 4) is 0 Å². The zero-order valence-electron chi connectivity index (χ0n) is 9.78. The van der Waals surface area contributed by atoms with Gasteiger partial charge in [0.1, 0.15) is 0 Å². The van der Waals surface area contributed by atoms with Crippen molar-refractivity contribution in [3.05, 3.63) is 0 Å². The smallest absolute Gasteiger partial charge is 0.234 e. The Morgan fingerprint density at radius 3 is 2.33 bits per heavy atom. The van der Waals surface area contributed by atoms with Gasteiger partial charge in [0.05, 0.1) is 6.04 Å². The molecule has 15 heavy (non-hydrogen) atoms. The van der Waals surface area contributed by atoms with Gasteiger partial charge >= 0.3 is 0 Å². The maximum absolute atomic E-state index is 11.2. The monoisotopic (exact) mass is 213 g/mol. The van der Waals surface area contributed by atoms with E-state index in [1.54, 1.807) is 0 Å². The highest BCUT2D eigenvalue weighted by molar-refractivity contribution is 5.79. The quantitative estimate of drug-likeness (QED) is 0.712. The third-order valence-electron chi connectivity index (χ3n) is 3.52. The summed E-state index contributed by atoms with van der Waals surface area (Å²) in [6.45, 7) is 2.00. The number of amides is 1. The molecule has 0 bridgehead atoms. The normalized spacial score (nSPS) is 29.1. The molecule has 1 aliphatic rings. The van der Waals surface area contributed by atoms with Crippen LogP contribution in [0, 0.1) is 0 Å². The molecule has 0 aromatic carbocycles. The largest absolute Gasteiger partial charge is 0.368 e. The fourth-order valence-electron chi connectivity index (χ4n) is 2.45. The van der Waals surface area contributed by atoms with Gasteiger partial charge in [0.25, 0.3) is 0 Å². The summed E-state index contributed by atoms with van der Waals surface area (Å²) in [5.41, 5.74) is 11.2. The maximum Gasteiger partial charge on any atom is 0.234 e. The number of primary amides is 1. The van der Waals surface area contributed by atoms with Crippen molar-refractivity contribution in [1.82, 2.24) is 4.90 Å². The van der Waals surface area contributed by atoms with Crippen LogP contribution in [0.25, 0.3) is 0 Å². The van der Waals surface area contributed by atoms with Crippen molar-refractivity contribution < 1.29 is 4.79 Å². The predicted molar refractivity (Wildman–Crippen MR) is 61.3 cm³/mol. The van der Waals surface area contributed by atoms with E-state index in [0.29, 0.717) is 12.1 Å². The highest BCUT2D eigenvalue weighted by Gasteiger charge is 2.28. The standard InChI is InChI=1S/C11H23N3O/c1-3-10(11(13)15)14(2)9-6-4-8(12)5-7-9/h8-10H,3-7,12H2,1-2H3,(H2,13,15). The van der Waals surface area contributed by atoms with Gasteiger partial charge in [-0.15, -0.1) is 0 Å². The Hall–Kier alpha value is -0.610. The van der Waals surface area contributed by atoms with Crippen LogP contribution in [0.15, 0.2) is 0 Å². The van der Waals surface area contributed by atoms with Crippen LogP contribution in [-0.2, 0) is 4.79 Å². The lowest BCUT2D eigenvalue weighted by Crippen LogP contribution is -2.49. The van der Waals surface area contributed by atoms with E-state index in [9.17, 15) is 4.79 Å². The molecule has 4 heteroatoms. The summed E-state index contributed by atoms with van der Waals surface area (Å²) < 4.78 is 0. The van der Waals surface area contributed by atoms with Crippen LogP contribution in [0.5, 0.6) is 0 Å². The molecule has 1 aliphatic carbocycles. The van der Waals surface area contributed by atoms with Gasteiger partial charge in [0.2, 0.25) is 5.91 Å². The number of likely N-dealkylation sites (N-methyl/N-ethyl adjacent to an activating group) is 1. The molecule has 1 saturated carbocycles. The van der Waals surface area contributed by atoms with Crippen molar-refractivity contribution in [2.75, 3.05) is 7.05 Å². The van der Waals surface area contributed by atoms with E-state index in [1.807, 2.05) is 14.0 Å². The van der Waals surface area contributed by atoms with Gasteiger partial charge in [-0.3, -0.25) is 9.69 Å². The third kappa shape index (κ3) is 3.18. The molecular formula is C11H23N3O. The molecule has 1 fully saturated rings. The van der Waals surface area contributed by atoms with Gasteiger partial charge in [-0.2, -0.15) is 0 Å². The van der Waals surface area contributed by atoms with Crippen molar-refractivity contribution in [2.24, 2.45) is 11.5 Å². The van der Waals surface area contributed by atoms with Crippen LogP contribution in [0.4, 0.5) is 0 Å². The second-order valence-corrected chi connectivity index (χ2v) is 4.56. The van der Waals surface area contributed by atoms with Gasteiger partial charge in [-0.25, -0.2) is 0 Å². The fourth-order valence-corrected chi connectivity index (χ4v) is 2.45. The van der Waals surface area contributed by atoms with Crippen LogP contribution in [0.3, 0.4) is 0 Å². The molecule has 0 aromatic rings. The van der Waals surface area contributed by atoms with Crippen molar-refractivity contribution in [1.29, 1.82) is 0 Å². The van der Waals surface area contributed by atoms with Gasteiger partial charge in [-0.05, 0) is 39.2 Å². The first-order valence-electron chi connectivity index (χ1n) is 5.83. The molecule has 1 rings (SSSR count). The summed E-state index contributed by atoms with van der Waals surface area (Å²) >= 11 is 0. The van der Waals surface area contributed by atoms with Gasteiger partial charge < -0.3 is 11.5 Å². The first-order valence-corrected chi connectivity index (χ1v) is 5.83. The number of hydrogen-bond donors (Lipinski definition) is 2. The third-order valence-corrected chi connectivity index (χ3v) is 3.52. The Labute approximate surface area is 92.0 Å². The minimum atomic E-state index is -0.213. The van der Waals surface area contributed by atoms with Crippen molar-refractivity contribution in [3.63, 3.8) is 0 Å². The molecule has 0 heterocycles. The fraction of sp³-hybridized carbons (Fsp3) is 0.909. The number of nitrogens with zero attached hydrogens (tertiary/aromatic N) is 1. The number of hydrogen-bond acceptors (Lipinski definition) is 3. The molecule has 0 aliphatic heterocycles. The number of rotatable bonds is 4. The molecule has 0 saturated heterocycles. The van der Waals surface area contributed by atoms with Gasteiger partial charge in [0.15, 0.2) is 0 Å². The molecule has 88 valence electrons. The predicted octanol–water partition coefficient (Wildman–Crippen LogP) is 0.452. The van der Waals surface area contributed by atoms with E-state index in [1.165, 1.54) is 0 Å². The van der Waals surface area contributed by atoms with Crippen molar-refractivity contribution >= 4 is 5.91 Å². The molecule has 4 nitrogen and oxygen atoms in total. The van der Waals surface area contributed by atoms with Crippen LogP contribution in [0.2, 0.25) is 0 Å². The van der Waals surface area contributed by atoms with Crippen LogP contribution < -0.4 is 11.5 Å². The van der Waals surface area contributed by atoms with Crippen LogP contribution in [0.1, 0.15) is 39.0 Å². The van der Waals surface area contributed by atoms with E-state index in [-0.39, 0.29) is 11.9 Å². The van der Waals surface area contributed by atoms with Crippen LogP contribution >= 0.6 is 0 Å². The lowest BCUT2D eigenvalue weighted by Gasteiger charge is -2.36. The number of carbonyl (C=O) groups is 1. The Morgan fingerprint density at radius 2 is 1.93 bits per heavy atom. The van der Waals surface area contributed by atoms with E-state index in [4.69, 9.17) is 11.5 Å². The SMILES string of the molecule is CCC(C(N)=O)N(C)C1CCC(N)CC1. The molecule has 1 unspecified atom stereocenters. The summed E-state index contributed by atoms with van der Waals surface area (Å²) in [7, 11) is 2.00. The second-order valence-electron chi connectivity index (χ2n) is 4.56. The highest BCUT2D eigenvalue weighted by atomic mass is 16.1. The molecular weight excluding hydrogens is 190 g/mol. The molecule has 1 atom stereocenters. The lowest BCUT2D eigenvalue weighted by molar-refractivity contribution is -0.123. The molecule has 1 amide bonds. The Morgan fingerprint density at radius 1 is 1.40 bits per heavy atom. The average molecular weight is 213 g/mol. The topological polar surface area (TPSA) is 72.4 Å². The first-order chi connectivity index (χ1) is 7.06. The molecule has 0 radical (unpaired) electrons. The van der Waals surface area contributed by atoms with Gasteiger partial charge in [-0.1, -0.05) is 6.92 Å². The zero-order chi connectivity index (χ0) is 11.4. The molecule has 0 aromatic heterocycles. The first kappa shape index (κ1) is 12.5. The summed E-state index contributed by atoms with van der Waals surface area (Å²) in [4.78, 5) is 13.4. The minimum Gasteiger partial charge on any atom is -0.368 e. The Balaban J connectivity index is 2.51. The minimum absolute atomic E-state index is 0.121. The Bertz CT molecular complexity index is 212. The summed E-state index contributed by atoms with van der Waals surface area (Å²) in [5, 5.41) is 0. The number of carbonyl (C=O) groups excluding carboxylic acids is 1. The van der Waals surface area contributed by atoms with Gasteiger partial charge in [0, 0.05) is 12.1 Å². The summed E-state index contributed by atoms with van der Waals surface area (Å²) in [5.74, 6) is -0.213. The summed E-state index contributed by atoms with van der Waals surface area (Å²) in [6, 6.07) is 0.704. The summed E-state index contributed by atoms with van der Waals surface area (Å²) in [6.07, 6.45) is 5.08.